The summed E-state index contributed by atoms with van der Waals surface area (Å²) in [6.07, 6.45) is 3.83. The van der Waals surface area contributed by atoms with Gasteiger partial charge in [0.25, 0.3) is 0 Å². The van der Waals surface area contributed by atoms with Gasteiger partial charge in [0, 0.05) is 20.1 Å². The molecule has 6 heteroatoms. The molecule has 1 saturated heterocycles. The molecule has 2 N–H and O–H groups in total. The highest BCUT2D eigenvalue weighted by molar-refractivity contribution is 14.0. The highest BCUT2D eigenvalue weighted by Gasteiger charge is 2.18. The Labute approximate surface area is 188 Å². The van der Waals surface area contributed by atoms with Gasteiger partial charge >= 0.3 is 0 Å². The van der Waals surface area contributed by atoms with Gasteiger partial charge in [-0.3, -0.25) is 4.99 Å². The molecule has 1 aliphatic heterocycles. The van der Waals surface area contributed by atoms with Crippen molar-refractivity contribution in [3.63, 3.8) is 0 Å². The summed E-state index contributed by atoms with van der Waals surface area (Å²) in [5.74, 6) is 2.09. The van der Waals surface area contributed by atoms with E-state index >= 15 is 0 Å². The molecule has 0 radical (unpaired) electrons. The van der Waals surface area contributed by atoms with Gasteiger partial charge in [-0.25, -0.2) is 0 Å². The van der Waals surface area contributed by atoms with Crippen LogP contribution in [0.5, 0.6) is 0 Å². The first-order chi connectivity index (χ1) is 13.2. The van der Waals surface area contributed by atoms with Crippen molar-refractivity contribution in [2.24, 2.45) is 16.8 Å². The Morgan fingerprint density at radius 2 is 1.93 bits per heavy atom. The number of likely N-dealkylation sites (tertiary alicyclic amines) is 1. The zero-order valence-electron chi connectivity index (χ0n) is 17.8. The number of rotatable bonds is 10. The lowest BCUT2D eigenvalue weighted by atomic mass is 9.97. The van der Waals surface area contributed by atoms with E-state index < -0.39 is 0 Å². The van der Waals surface area contributed by atoms with Crippen LogP contribution in [0.2, 0.25) is 0 Å². The number of ether oxygens (including phenoxy) is 1. The third-order valence-corrected chi connectivity index (χ3v) is 5.16. The van der Waals surface area contributed by atoms with E-state index in [2.05, 4.69) is 46.5 Å². The SMILES string of the molecule is CCCN1CCC(CNC(=NC)NCC(C)COCc2ccccc2)CC1.I. The summed E-state index contributed by atoms with van der Waals surface area (Å²) in [5.41, 5.74) is 1.22. The van der Waals surface area contributed by atoms with E-state index in [1.54, 1.807) is 0 Å². The molecule has 0 aromatic heterocycles. The van der Waals surface area contributed by atoms with Gasteiger partial charge < -0.3 is 20.3 Å². The normalized spacial score (nSPS) is 17.0. The molecule has 1 unspecified atom stereocenters. The Kier molecular flexibility index (Phi) is 13.5. The fourth-order valence-corrected chi connectivity index (χ4v) is 3.47. The maximum atomic E-state index is 5.83. The van der Waals surface area contributed by atoms with E-state index in [0.29, 0.717) is 12.5 Å². The Morgan fingerprint density at radius 3 is 2.57 bits per heavy atom. The van der Waals surface area contributed by atoms with Crippen LogP contribution in [0.4, 0.5) is 0 Å². The largest absolute Gasteiger partial charge is 0.376 e. The number of aliphatic imine (C=N–C) groups is 1. The van der Waals surface area contributed by atoms with Crippen molar-refractivity contribution >= 4 is 29.9 Å². The fourth-order valence-electron chi connectivity index (χ4n) is 3.47. The number of piperidine rings is 1. The van der Waals surface area contributed by atoms with Crippen molar-refractivity contribution in [2.45, 2.75) is 39.7 Å². The summed E-state index contributed by atoms with van der Waals surface area (Å²) >= 11 is 0. The average molecular weight is 502 g/mol. The van der Waals surface area contributed by atoms with Gasteiger partial charge in [0.05, 0.1) is 13.2 Å². The third-order valence-electron chi connectivity index (χ3n) is 5.16. The van der Waals surface area contributed by atoms with E-state index in [0.717, 1.165) is 31.6 Å². The van der Waals surface area contributed by atoms with Crippen molar-refractivity contribution in [3.8, 4) is 0 Å². The third kappa shape index (κ3) is 10.1. The molecule has 1 fully saturated rings. The quantitative estimate of drug-likeness (QED) is 0.291. The van der Waals surface area contributed by atoms with Crippen LogP contribution in [0.3, 0.4) is 0 Å². The van der Waals surface area contributed by atoms with Crippen LogP contribution in [0.15, 0.2) is 35.3 Å². The predicted octanol–water partition coefficient (Wildman–Crippen LogP) is 3.74. The Hall–Kier alpha value is -0.860. The summed E-state index contributed by atoms with van der Waals surface area (Å²) in [4.78, 5) is 6.94. The Bertz CT molecular complexity index is 533. The number of benzene rings is 1. The number of nitrogens with zero attached hydrogens (tertiary/aromatic N) is 2. The first kappa shape index (κ1) is 25.2. The van der Waals surface area contributed by atoms with Gasteiger partial charge in [0.2, 0.25) is 0 Å². The maximum absolute atomic E-state index is 5.83. The van der Waals surface area contributed by atoms with Gasteiger partial charge in [-0.2, -0.15) is 0 Å². The molecule has 0 amide bonds. The lowest BCUT2D eigenvalue weighted by Crippen LogP contribution is -2.44. The summed E-state index contributed by atoms with van der Waals surface area (Å²) in [6, 6.07) is 10.3. The van der Waals surface area contributed by atoms with Crippen molar-refractivity contribution < 1.29 is 4.74 Å². The van der Waals surface area contributed by atoms with Gasteiger partial charge in [-0.05, 0) is 56.3 Å². The van der Waals surface area contributed by atoms with Crippen molar-refractivity contribution in [3.05, 3.63) is 35.9 Å². The van der Waals surface area contributed by atoms with Crippen LogP contribution >= 0.6 is 24.0 Å². The molecular formula is C22H39IN4O. The monoisotopic (exact) mass is 502 g/mol. The molecule has 1 aromatic rings. The topological polar surface area (TPSA) is 48.9 Å². The second kappa shape index (κ2) is 15.0. The molecule has 5 nitrogen and oxygen atoms in total. The molecule has 0 bridgehead atoms. The Balaban J connectivity index is 0.00000392. The van der Waals surface area contributed by atoms with E-state index in [1.807, 2.05) is 25.2 Å². The van der Waals surface area contributed by atoms with E-state index in [-0.39, 0.29) is 24.0 Å². The summed E-state index contributed by atoms with van der Waals surface area (Å²) in [5, 5.41) is 6.94. The molecule has 1 aromatic carbocycles. The van der Waals surface area contributed by atoms with Crippen molar-refractivity contribution in [1.82, 2.24) is 15.5 Å². The van der Waals surface area contributed by atoms with Crippen LogP contribution in [-0.2, 0) is 11.3 Å². The second-order valence-corrected chi connectivity index (χ2v) is 7.72. The van der Waals surface area contributed by atoms with E-state index in [4.69, 9.17) is 4.74 Å². The average Bonchev–Trinajstić information content (AvgIpc) is 2.70. The molecular weight excluding hydrogens is 463 g/mol. The predicted molar refractivity (Wildman–Crippen MR) is 129 cm³/mol. The highest BCUT2D eigenvalue weighted by Crippen LogP contribution is 2.16. The minimum absolute atomic E-state index is 0. The first-order valence-corrected chi connectivity index (χ1v) is 10.5. The van der Waals surface area contributed by atoms with Crippen molar-refractivity contribution in [1.29, 1.82) is 0 Å². The van der Waals surface area contributed by atoms with Crippen LogP contribution in [0.25, 0.3) is 0 Å². The number of nitrogens with one attached hydrogen (secondary N) is 2. The van der Waals surface area contributed by atoms with Crippen LogP contribution < -0.4 is 10.6 Å². The minimum Gasteiger partial charge on any atom is -0.376 e. The summed E-state index contributed by atoms with van der Waals surface area (Å²) in [7, 11) is 1.84. The summed E-state index contributed by atoms with van der Waals surface area (Å²) < 4.78 is 5.83. The van der Waals surface area contributed by atoms with E-state index in [9.17, 15) is 0 Å². The Morgan fingerprint density at radius 1 is 1.21 bits per heavy atom. The summed E-state index contributed by atoms with van der Waals surface area (Å²) in [6.45, 7) is 11.5. The van der Waals surface area contributed by atoms with Gasteiger partial charge in [0.15, 0.2) is 5.96 Å². The molecule has 1 aliphatic rings. The molecule has 160 valence electrons. The first-order valence-electron chi connectivity index (χ1n) is 10.5. The number of halogens is 1. The van der Waals surface area contributed by atoms with Gasteiger partial charge in [-0.1, -0.05) is 44.2 Å². The maximum Gasteiger partial charge on any atom is 0.190 e. The van der Waals surface area contributed by atoms with Gasteiger partial charge in [-0.15, -0.1) is 24.0 Å². The molecule has 0 aliphatic carbocycles. The molecule has 0 spiro atoms. The molecule has 28 heavy (non-hydrogen) atoms. The standard InChI is InChI=1S/C22H38N4O.HI/c1-4-12-26-13-10-20(11-14-26)16-25-22(23-3)24-15-19(2)17-27-18-21-8-6-5-7-9-21;/h5-9,19-20H,4,10-18H2,1-3H3,(H2,23,24,25);1H. The fraction of sp³-hybridized carbons (Fsp3) is 0.682. The second-order valence-electron chi connectivity index (χ2n) is 7.72. The molecule has 1 heterocycles. The number of hydrogen-bond acceptors (Lipinski definition) is 3. The molecule has 0 saturated carbocycles. The van der Waals surface area contributed by atoms with E-state index in [1.165, 1.54) is 44.5 Å². The lowest BCUT2D eigenvalue weighted by molar-refractivity contribution is 0.0931. The van der Waals surface area contributed by atoms with Crippen LogP contribution in [-0.4, -0.2) is 57.2 Å². The number of guanidine groups is 1. The van der Waals surface area contributed by atoms with Crippen LogP contribution in [0, 0.1) is 11.8 Å². The molecule has 2 rings (SSSR count). The number of hydrogen-bond donors (Lipinski definition) is 2. The van der Waals surface area contributed by atoms with Crippen molar-refractivity contribution in [2.75, 3.05) is 46.4 Å². The molecule has 1 atom stereocenters. The van der Waals surface area contributed by atoms with Gasteiger partial charge in [0.1, 0.15) is 0 Å². The zero-order chi connectivity index (χ0) is 19.3. The minimum atomic E-state index is 0. The zero-order valence-corrected chi connectivity index (χ0v) is 20.2. The lowest BCUT2D eigenvalue weighted by Gasteiger charge is -2.32. The highest BCUT2D eigenvalue weighted by atomic mass is 127. The smallest absolute Gasteiger partial charge is 0.190 e. The van der Waals surface area contributed by atoms with Crippen LogP contribution in [0.1, 0.15) is 38.7 Å².